The SMILES string of the molecule is CC1(C)CCC[C@@]2(C)[C@H]1CC[C@@]1(CO1)[C@@H]2CC/C=C(/C=O)CC=O. The molecule has 24 heavy (non-hydrogen) atoms. The summed E-state index contributed by atoms with van der Waals surface area (Å²) in [7, 11) is 0. The molecule has 0 aromatic rings. The minimum atomic E-state index is 0.110. The average molecular weight is 332 g/mol. The van der Waals surface area contributed by atoms with E-state index in [2.05, 4.69) is 20.8 Å². The molecule has 0 aromatic carbocycles. The number of epoxide rings is 1. The molecule has 2 saturated carbocycles. The van der Waals surface area contributed by atoms with Crippen molar-refractivity contribution in [1.29, 1.82) is 0 Å². The number of aldehydes is 2. The van der Waals surface area contributed by atoms with Crippen LogP contribution >= 0.6 is 0 Å². The standard InChI is InChI=1S/C21H32O3/c1-19(2)10-5-11-20(3)17(19)8-12-21(15-24-21)18(20)7-4-6-16(14-23)9-13-22/h6,13-14,17-18H,4-5,7-12,15H2,1-3H3/b16-6+/t17-,18+,20-,21+/m0/s1. The Morgan fingerprint density at radius 2 is 1.92 bits per heavy atom. The van der Waals surface area contributed by atoms with Gasteiger partial charge in [0, 0.05) is 6.42 Å². The van der Waals surface area contributed by atoms with Crippen LogP contribution in [-0.4, -0.2) is 24.8 Å². The van der Waals surface area contributed by atoms with E-state index in [0.29, 0.717) is 22.3 Å². The van der Waals surface area contributed by atoms with E-state index in [1.165, 1.54) is 32.1 Å². The van der Waals surface area contributed by atoms with Crippen LogP contribution in [0.25, 0.3) is 0 Å². The fourth-order valence-electron chi connectivity index (χ4n) is 6.21. The highest BCUT2D eigenvalue weighted by Gasteiger charge is 2.64. The second kappa shape index (κ2) is 6.40. The maximum Gasteiger partial charge on any atom is 0.146 e. The second-order valence-electron chi connectivity index (χ2n) is 9.19. The van der Waals surface area contributed by atoms with Gasteiger partial charge < -0.3 is 9.53 Å². The van der Waals surface area contributed by atoms with Crippen LogP contribution in [0, 0.1) is 22.7 Å². The Balaban J connectivity index is 1.78. The Labute approximate surface area is 146 Å². The number of carbonyl (C=O) groups excluding carboxylic acids is 2. The molecule has 0 amide bonds. The number of rotatable bonds is 6. The van der Waals surface area contributed by atoms with Gasteiger partial charge in [0.25, 0.3) is 0 Å². The van der Waals surface area contributed by atoms with Crippen LogP contribution in [0.3, 0.4) is 0 Å². The Morgan fingerprint density at radius 1 is 1.17 bits per heavy atom. The lowest BCUT2D eigenvalue weighted by molar-refractivity contribution is -0.109. The fraction of sp³-hybridized carbons (Fsp3) is 0.810. The summed E-state index contributed by atoms with van der Waals surface area (Å²) in [5.74, 6) is 1.34. The van der Waals surface area contributed by atoms with Gasteiger partial charge >= 0.3 is 0 Å². The summed E-state index contributed by atoms with van der Waals surface area (Å²) in [5, 5.41) is 0. The zero-order valence-electron chi connectivity index (χ0n) is 15.5. The third-order valence-corrected chi connectivity index (χ3v) is 7.41. The summed E-state index contributed by atoms with van der Waals surface area (Å²) in [4.78, 5) is 21.7. The first-order valence-electron chi connectivity index (χ1n) is 9.60. The molecule has 0 unspecified atom stereocenters. The normalized spacial score (nSPS) is 40.9. The maximum absolute atomic E-state index is 11.0. The van der Waals surface area contributed by atoms with Crippen molar-refractivity contribution in [3.8, 4) is 0 Å². The van der Waals surface area contributed by atoms with Gasteiger partial charge in [-0.2, -0.15) is 0 Å². The second-order valence-corrected chi connectivity index (χ2v) is 9.19. The number of ether oxygens (including phenoxy) is 1. The molecular formula is C21H32O3. The van der Waals surface area contributed by atoms with Crippen LogP contribution < -0.4 is 0 Å². The zero-order valence-corrected chi connectivity index (χ0v) is 15.5. The van der Waals surface area contributed by atoms with Gasteiger partial charge in [0.15, 0.2) is 0 Å². The lowest BCUT2D eigenvalue weighted by atomic mass is 9.46. The quantitative estimate of drug-likeness (QED) is 0.409. The predicted molar refractivity (Wildman–Crippen MR) is 94.7 cm³/mol. The molecule has 3 nitrogen and oxygen atoms in total. The van der Waals surface area contributed by atoms with Crippen LogP contribution in [0.4, 0.5) is 0 Å². The largest absolute Gasteiger partial charge is 0.369 e. The lowest BCUT2D eigenvalue weighted by Gasteiger charge is -2.59. The third-order valence-electron chi connectivity index (χ3n) is 7.41. The highest BCUT2D eigenvalue weighted by atomic mass is 16.6. The van der Waals surface area contributed by atoms with E-state index in [1.807, 2.05) is 6.08 Å². The van der Waals surface area contributed by atoms with Crippen molar-refractivity contribution >= 4 is 12.6 Å². The summed E-state index contributed by atoms with van der Waals surface area (Å²) in [5.41, 5.74) is 1.50. The first-order chi connectivity index (χ1) is 11.4. The van der Waals surface area contributed by atoms with E-state index in [9.17, 15) is 9.59 Å². The smallest absolute Gasteiger partial charge is 0.146 e. The molecule has 1 heterocycles. The summed E-state index contributed by atoms with van der Waals surface area (Å²) < 4.78 is 6.02. The molecule has 1 spiro atoms. The molecule has 134 valence electrons. The first kappa shape index (κ1) is 17.8. The summed E-state index contributed by atoms with van der Waals surface area (Å²) >= 11 is 0. The molecule has 1 aliphatic heterocycles. The van der Waals surface area contributed by atoms with Crippen LogP contribution in [-0.2, 0) is 14.3 Å². The third kappa shape index (κ3) is 3.00. The minimum Gasteiger partial charge on any atom is -0.369 e. The number of hydrogen-bond donors (Lipinski definition) is 0. The molecule has 3 fully saturated rings. The summed E-state index contributed by atoms with van der Waals surface area (Å²) in [6.45, 7) is 8.32. The highest BCUT2D eigenvalue weighted by Crippen LogP contribution is 2.66. The first-order valence-corrected chi connectivity index (χ1v) is 9.60. The Bertz CT molecular complexity index is 529. The van der Waals surface area contributed by atoms with Crippen molar-refractivity contribution in [2.24, 2.45) is 22.7 Å². The van der Waals surface area contributed by atoms with Crippen LogP contribution in [0.15, 0.2) is 11.6 Å². The molecule has 0 N–H and O–H groups in total. The van der Waals surface area contributed by atoms with E-state index in [-0.39, 0.29) is 12.0 Å². The molecule has 3 heteroatoms. The van der Waals surface area contributed by atoms with Gasteiger partial charge in [-0.25, -0.2) is 0 Å². The number of allylic oxidation sites excluding steroid dienone is 2. The van der Waals surface area contributed by atoms with E-state index < -0.39 is 0 Å². The molecule has 2 aliphatic carbocycles. The van der Waals surface area contributed by atoms with E-state index >= 15 is 0 Å². The van der Waals surface area contributed by atoms with E-state index in [1.54, 1.807) is 0 Å². The van der Waals surface area contributed by atoms with Gasteiger partial charge in [0.2, 0.25) is 0 Å². The van der Waals surface area contributed by atoms with E-state index in [4.69, 9.17) is 4.74 Å². The molecule has 3 aliphatic rings. The Hall–Kier alpha value is -0.960. The number of hydrogen-bond acceptors (Lipinski definition) is 3. The Kier molecular flexibility index (Phi) is 4.76. The summed E-state index contributed by atoms with van der Waals surface area (Å²) in [6.07, 6.45) is 12.2. The Morgan fingerprint density at radius 3 is 2.54 bits per heavy atom. The fourth-order valence-corrected chi connectivity index (χ4v) is 6.21. The summed E-state index contributed by atoms with van der Waals surface area (Å²) in [6, 6.07) is 0. The maximum atomic E-state index is 11.0. The molecule has 3 rings (SSSR count). The lowest BCUT2D eigenvalue weighted by Crippen LogP contribution is -2.54. The molecule has 0 bridgehead atoms. The molecular weight excluding hydrogens is 300 g/mol. The van der Waals surface area contributed by atoms with E-state index in [0.717, 1.165) is 37.9 Å². The van der Waals surface area contributed by atoms with Gasteiger partial charge in [-0.05, 0) is 66.8 Å². The average Bonchev–Trinajstić information content (AvgIpc) is 3.28. The topological polar surface area (TPSA) is 46.7 Å². The van der Waals surface area contributed by atoms with Crippen molar-refractivity contribution in [2.45, 2.75) is 77.7 Å². The molecule has 0 radical (unpaired) electrons. The number of fused-ring (bicyclic) bond motifs is 1. The molecule has 4 atom stereocenters. The van der Waals surface area contributed by atoms with Gasteiger partial charge in [-0.1, -0.05) is 33.3 Å². The van der Waals surface area contributed by atoms with Gasteiger partial charge in [0.05, 0.1) is 12.2 Å². The van der Waals surface area contributed by atoms with Crippen molar-refractivity contribution in [1.82, 2.24) is 0 Å². The zero-order chi connectivity index (χ0) is 17.4. The van der Waals surface area contributed by atoms with Crippen LogP contribution in [0.2, 0.25) is 0 Å². The monoisotopic (exact) mass is 332 g/mol. The molecule has 1 saturated heterocycles. The highest BCUT2D eigenvalue weighted by molar-refractivity contribution is 5.78. The predicted octanol–water partition coefficient (Wildman–Crippen LogP) is 4.49. The van der Waals surface area contributed by atoms with Crippen molar-refractivity contribution in [2.75, 3.05) is 6.61 Å². The van der Waals surface area contributed by atoms with Crippen molar-refractivity contribution in [3.63, 3.8) is 0 Å². The van der Waals surface area contributed by atoms with Crippen LogP contribution in [0.1, 0.15) is 72.1 Å². The molecule has 0 aromatic heterocycles. The minimum absolute atomic E-state index is 0.110. The van der Waals surface area contributed by atoms with Crippen molar-refractivity contribution < 1.29 is 14.3 Å². The van der Waals surface area contributed by atoms with Gasteiger partial charge in [-0.3, -0.25) is 4.79 Å². The van der Waals surface area contributed by atoms with Gasteiger partial charge in [0.1, 0.15) is 12.6 Å². The van der Waals surface area contributed by atoms with Crippen LogP contribution in [0.5, 0.6) is 0 Å². The van der Waals surface area contributed by atoms with Crippen molar-refractivity contribution in [3.05, 3.63) is 11.6 Å². The number of carbonyl (C=O) groups is 2. The van der Waals surface area contributed by atoms with Gasteiger partial charge in [-0.15, -0.1) is 0 Å².